The number of hydrogen-bond acceptors (Lipinski definition) is 4. The van der Waals surface area contributed by atoms with Crippen molar-refractivity contribution in [3.8, 4) is 0 Å². The molecule has 0 radical (unpaired) electrons. The third-order valence-corrected chi connectivity index (χ3v) is 4.83. The van der Waals surface area contributed by atoms with Crippen molar-refractivity contribution in [3.05, 3.63) is 29.5 Å². The van der Waals surface area contributed by atoms with E-state index in [0.717, 1.165) is 42.6 Å². The van der Waals surface area contributed by atoms with Crippen LogP contribution in [0.4, 0.5) is 0 Å². The quantitative estimate of drug-likeness (QED) is 0.936. The van der Waals surface area contributed by atoms with Crippen LogP contribution < -0.4 is 0 Å². The van der Waals surface area contributed by atoms with Gasteiger partial charge in [-0.1, -0.05) is 11.2 Å². The van der Waals surface area contributed by atoms with Crippen molar-refractivity contribution in [2.24, 2.45) is 5.41 Å². The summed E-state index contributed by atoms with van der Waals surface area (Å²) in [6.45, 7) is 8.02. The van der Waals surface area contributed by atoms with Gasteiger partial charge in [0.2, 0.25) is 0 Å². The molecule has 1 saturated heterocycles. The van der Waals surface area contributed by atoms with E-state index in [1.165, 1.54) is 5.56 Å². The van der Waals surface area contributed by atoms with E-state index in [1.807, 2.05) is 13.0 Å². The highest BCUT2D eigenvalue weighted by molar-refractivity contribution is 5.80. The van der Waals surface area contributed by atoms with Crippen LogP contribution in [0.5, 0.6) is 0 Å². The highest BCUT2D eigenvalue weighted by atomic mass is 16.5. The number of aryl methyl sites for hydroxylation is 1. The lowest BCUT2D eigenvalue weighted by Gasteiger charge is -2.35. The summed E-state index contributed by atoms with van der Waals surface area (Å²) in [6, 6.07) is 6.21. The highest BCUT2D eigenvalue weighted by Gasteiger charge is 2.32. The van der Waals surface area contributed by atoms with E-state index in [-0.39, 0.29) is 0 Å². The summed E-state index contributed by atoms with van der Waals surface area (Å²) in [5, 5.41) is 14.7. The van der Waals surface area contributed by atoms with Crippen LogP contribution in [0.3, 0.4) is 0 Å². The van der Waals surface area contributed by atoms with Gasteiger partial charge in [-0.2, -0.15) is 0 Å². The van der Waals surface area contributed by atoms with Crippen molar-refractivity contribution in [1.82, 2.24) is 10.1 Å². The summed E-state index contributed by atoms with van der Waals surface area (Å²) in [4.78, 5) is 13.5. The van der Waals surface area contributed by atoms with E-state index < -0.39 is 11.4 Å². The standard InChI is InChI=1S/C18H24N2O3/c1-12-4-5-14-15(10-12)23-19-16(14)13-6-8-20(9-7-13)11-18(2,3)17(21)22/h4-5,10,13H,6-9,11H2,1-3H3,(H,21,22). The number of aliphatic carboxylic acids is 1. The molecule has 1 N–H and O–H groups in total. The molecule has 0 unspecified atom stereocenters. The van der Waals surface area contributed by atoms with Gasteiger partial charge < -0.3 is 14.5 Å². The molecule has 0 aliphatic carbocycles. The van der Waals surface area contributed by atoms with Gasteiger partial charge in [-0.25, -0.2) is 0 Å². The number of carboxylic acids is 1. The second-order valence-corrected chi connectivity index (χ2v) is 7.31. The van der Waals surface area contributed by atoms with Crippen molar-refractivity contribution >= 4 is 16.9 Å². The summed E-state index contributed by atoms with van der Waals surface area (Å²) in [7, 11) is 0. The summed E-state index contributed by atoms with van der Waals surface area (Å²) < 4.78 is 5.48. The number of fused-ring (bicyclic) bond motifs is 1. The van der Waals surface area contributed by atoms with Crippen LogP contribution in [0, 0.1) is 12.3 Å². The molecule has 0 atom stereocenters. The maximum Gasteiger partial charge on any atom is 0.310 e. The topological polar surface area (TPSA) is 66.6 Å². The maximum absolute atomic E-state index is 11.3. The molecule has 23 heavy (non-hydrogen) atoms. The van der Waals surface area contributed by atoms with Crippen LogP contribution >= 0.6 is 0 Å². The molecule has 0 saturated carbocycles. The van der Waals surface area contributed by atoms with Crippen molar-refractivity contribution in [3.63, 3.8) is 0 Å². The summed E-state index contributed by atoms with van der Waals surface area (Å²) in [5.74, 6) is -0.347. The van der Waals surface area contributed by atoms with Gasteiger partial charge in [0, 0.05) is 17.8 Å². The van der Waals surface area contributed by atoms with E-state index in [4.69, 9.17) is 4.52 Å². The fourth-order valence-corrected chi connectivity index (χ4v) is 3.35. The lowest BCUT2D eigenvalue weighted by Crippen LogP contribution is -2.42. The van der Waals surface area contributed by atoms with Crippen LogP contribution in [-0.4, -0.2) is 40.8 Å². The molecule has 5 nitrogen and oxygen atoms in total. The Kier molecular flexibility index (Phi) is 4.15. The molecule has 0 spiro atoms. The Labute approximate surface area is 136 Å². The van der Waals surface area contributed by atoms with Gasteiger partial charge in [-0.05, 0) is 64.4 Å². The zero-order chi connectivity index (χ0) is 16.6. The monoisotopic (exact) mass is 316 g/mol. The smallest absolute Gasteiger partial charge is 0.310 e. The van der Waals surface area contributed by atoms with Crippen LogP contribution in [0.15, 0.2) is 22.7 Å². The van der Waals surface area contributed by atoms with E-state index in [2.05, 4.69) is 22.2 Å². The van der Waals surface area contributed by atoms with Crippen LogP contribution in [0.1, 0.15) is 43.9 Å². The highest BCUT2D eigenvalue weighted by Crippen LogP contribution is 2.33. The van der Waals surface area contributed by atoms with E-state index in [1.54, 1.807) is 13.8 Å². The molecule has 5 heteroatoms. The van der Waals surface area contributed by atoms with Crippen LogP contribution in [0.25, 0.3) is 11.0 Å². The largest absolute Gasteiger partial charge is 0.481 e. The number of rotatable bonds is 4. The number of piperidine rings is 1. The number of carboxylic acid groups (broad SMARTS) is 1. The van der Waals surface area contributed by atoms with Gasteiger partial charge in [0.05, 0.1) is 11.1 Å². The molecule has 2 aromatic rings. The number of carbonyl (C=O) groups is 1. The minimum atomic E-state index is -0.738. The fourth-order valence-electron chi connectivity index (χ4n) is 3.35. The zero-order valence-corrected chi connectivity index (χ0v) is 14.0. The van der Waals surface area contributed by atoms with Gasteiger partial charge in [0.25, 0.3) is 0 Å². The van der Waals surface area contributed by atoms with Crippen molar-refractivity contribution in [1.29, 1.82) is 0 Å². The Morgan fingerprint density at radius 3 is 2.74 bits per heavy atom. The molecule has 2 heterocycles. The SMILES string of the molecule is Cc1ccc2c(C3CCN(CC(C)(C)C(=O)O)CC3)noc2c1. The second kappa shape index (κ2) is 5.96. The second-order valence-electron chi connectivity index (χ2n) is 7.31. The van der Waals surface area contributed by atoms with E-state index in [9.17, 15) is 9.90 Å². The normalized spacial score (nSPS) is 17.7. The Hall–Kier alpha value is -1.88. The molecule has 0 bridgehead atoms. The molecule has 1 aromatic heterocycles. The van der Waals surface area contributed by atoms with Gasteiger partial charge in [-0.15, -0.1) is 0 Å². The van der Waals surface area contributed by atoms with Gasteiger partial charge in [0.15, 0.2) is 5.58 Å². The molecule has 1 aromatic carbocycles. The predicted molar refractivity (Wildman–Crippen MR) is 88.6 cm³/mol. The van der Waals surface area contributed by atoms with Gasteiger partial charge >= 0.3 is 5.97 Å². The van der Waals surface area contributed by atoms with Crippen LogP contribution in [-0.2, 0) is 4.79 Å². The molecular formula is C18H24N2O3. The Morgan fingerprint density at radius 2 is 2.09 bits per heavy atom. The minimum absolute atomic E-state index is 0.392. The Morgan fingerprint density at radius 1 is 1.39 bits per heavy atom. The predicted octanol–water partition coefficient (Wildman–Crippen LogP) is 3.43. The van der Waals surface area contributed by atoms with E-state index in [0.29, 0.717) is 12.5 Å². The Bertz CT molecular complexity index is 712. The first kappa shape index (κ1) is 16.0. The molecule has 0 amide bonds. The first-order valence-electron chi connectivity index (χ1n) is 8.18. The van der Waals surface area contributed by atoms with Crippen molar-refractivity contribution in [2.75, 3.05) is 19.6 Å². The molecular weight excluding hydrogens is 292 g/mol. The summed E-state index contributed by atoms with van der Waals surface area (Å²) in [6.07, 6.45) is 1.98. The summed E-state index contributed by atoms with van der Waals surface area (Å²) in [5.41, 5.74) is 2.38. The fraction of sp³-hybridized carbons (Fsp3) is 0.556. The van der Waals surface area contributed by atoms with Gasteiger partial charge in [0.1, 0.15) is 0 Å². The zero-order valence-electron chi connectivity index (χ0n) is 14.0. The molecule has 1 aliphatic heterocycles. The number of benzene rings is 1. The molecule has 1 fully saturated rings. The Balaban J connectivity index is 1.68. The lowest BCUT2D eigenvalue weighted by atomic mass is 9.88. The third kappa shape index (κ3) is 3.24. The number of likely N-dealkylation sites (tertiary alicyclic amines) is 1. The van der Waals surface area contributed by atoms with Crippen molar-refractivity contribution < 1.29 is 14.4 Å². The van der Waals surface area contributed by atoms with Crippen molar-refractivity contribution in [2.45, 2.75) is 39.5 Å². The number of hydrogen-bond donors (Lipinski definition) is 1. The third-order valence-electron chi connectivity index (χ3n) is 4.83. The summed E-state index contributed by atoms with van der Waals surface area (Å²) >= 11 is 0. The van der Waals surface area contributed by atoms with Crippen LogP contribution in [0.2, 0.25) is 0 Å². The average molecular weight is 316 g/mol. The number of aromatic nitrogens is 1. The first-order valence-corrected chi connectivity index (χ1v) is 8.18. The maximum atomic E-state index is 11.3. The van der Waals surface area contributed by atoms with Gasteiger partial charge in [-0.3, -0.25) is 4.79 Å². The molecule has 124 valence electrons. The molecule has 1 aliphatic rings. The number of nitrogens with zero attached hydrogens (tertiary/aromatic N) is 2. The lowest BCUT2D eigenvalue weighted by molar-refractivity contribution is -0.148. The average Bonchev–Trinajstić information content (AvgIpc) is 2.90. The van der Waals surface area contributed by atoms with E-state index >= 15 is 0 Å². The minimum Gasteiger partial charge on any atom is -0.481 e. The first-order chi connectivity index (χ1) is 10.9. The molecule has 3 rings (SSSR count).